The van der Waals surface area contributed by atoms with Crippen molar-refractivity contribution in [2.75, 3.05) is 0 Å². The number of rotatable bonds is 4. The highest BCUT2D eigenvalue weighted by atomic mass is 19.1. The fraction of sp³-hybridized carbons (Fsp3) is 0.133. The summed E-state index contributed by atoms with van der Waals surface area (Å²) < 4.78 is 31.6. The van der Waals surface area contributed by atoms with E-state index in [0.717, 1.165) is 5.56 Å². The summed E-state index contributed by atoms with van der Waals surface area (Å²) in [5.41, 5.74) is 1.40. The summed E-state index contributed by atoms with van der Waals surface area (Å²) >= 11 is 0. The van der Waals surface area contributed by atoms with Crippen LogP contribution < -0.4 is 4.74 Å². The topological polar surface area (TPSA) is 41.8 Å². The van der Waals surface area contributed by atoms with E-state index in [0.29, 0.717) is 11.3 Å². The molecule has 104 valence electrons. The third kappa shape index (κ3) is 3.32. The molecule has 0 heterocycles. The van der Waals surface area contributed by atoms with E-state index in [1.54, 1.807) is 19.1 Å². The van der Waals surface area contributed by atoms with Gasteiger partial charge in [0.25, 0.3) is 0 Å². The molecule has 2 rings (SSSR count). The predicted molar refractivity (Wildman–Crippen MR) is 71.1 cm³/mol. The minimum absolute atomic E-state index is 0.206. The van der Waals surface area contributed by atoms with Gasteiger partial charge in [0.1, 0.15) is 24.0 Å². The standard InChI is InChI=1S/C15H13F2NO2/c1-10(18-19)14-8-13(17)6-7-15(14)20-9-11-2-4-12(16)5-3-11/h2-8,19H,9H2,1H3/b18-10-. The van der Waals surface area contributed by atoms with Gasteiger partial charge in [-0.2, -0.15) is 0 Å². The number of halogens is 2. The summed E-state index contributed by atoms with van der Waals surface area (Å²) in [5.74, 6) is -0.373. The maximum absolute atomic E-state index is 13.2. The first-order chi connectivity index (χ1) is 9.60. The van der Waals surface area contributed by atoms with E-state index >= 15 is 0 Å². The third-order valence-corrected chi connectivity index (χ3v) is 2.79. The van der Waals surface area contributed by atoms with Crippen LogP contribution in [0.2, 0.25) is 0 Å². The minimum atomic E-state index is -0.447. The summed E-state index contributed by atoms with van der Waals surface area (Å²) in [6, 6.07) is 9.83. The second-order valence-corrected chi connectivity index (χ2v) is 4.24. The molecule has 0 aliphatic heterocycles. The van der Waals surface area contributed by atoms with E-state index in [9.17, 15) is 8.78 Å². The van der Waals surface area contributed by atoms with Crippen LogP contribution >= 0.6 is 0 Å². The van der Waals surface area contributed by atoms with Gasteiger partial charge in [-0.15, -0.1) is 0 Å². The van der Waals surface area contributed by atoms with Crippen molar-refractivity contribution < 1.29 is 18.7 Å². The van der Waals surface area contributed by atoms with E-state index in [2.05, 4.69) is 5.16 Å². The smallest absolute Gasteiger partial charge is 0.129 e. The Balaban J connectivity index is 2.19. The van der Waals surface area contributed by atoms with Gasteiger partial charge in [-0.25, -0.2) is 8.78 Å². The molecule has 0 saturated heterocycles. The molecule has 0 atom stereocenters. The molecule has 0 amide bonds. The molecule has 1 N–H and O–H groups in total. The molecule has 3 nitrogen and oxygen atoms in total. The molecule has 2 aromatic rings. The number of nitrogens with zero attached hydrogens (tertiary/aromatic N) is 1. The van der Waals surface area contributed by atoms with Gasteiger partial charge in [-0.05, 0) is 42.8 Å². The first-order valence-corrected chi connectivity index (χ1v) is 5.96. The van der Waals surface area contributed by atoms with Gasteiger partial charge in [-0.1, -0.05) is 17.3 Å². The highest BCUT2D eigenvalue weighted by Crippen LogP contribution is 2.22. The van der Waals surface area contributed by atoms with Crippen molar-refractivity contribution in [1.29, 1.82) is 0 Å². The molecule has 0 bridgehead atoms. The van der Waals surface area contributed by atoms with Crippen molar-refractivity contribution in [3.8, 4) is 5.75 Å². The highest BCUT2D eigenvalue weighted by Gasteiger charge is 2.09. The van der Waals surface area contributed by atoms with E-state index in [1.807, 2.05) is 0 Å². The lowest BCUT2D eigenvalue weighted by Gasteiger charge is -2.11. The molecule has 0 fully saturated rings. The quantitative estimate of drug-likeness (QED) is 0.525. The highest BCUT2D eigenvalue weighted by molar-refractivity contribution is 6.00. The van der Waals surface area contributed by atoms with Gasteiger partial charge in [0.2, 0.25) is 0 Å². The number of hydrogen-bond donors (Lipinski definition) is 1. The Bertz CT molecular complexity index is 624. The van der Waals surface area contributed by atoms with Crippen LogP contribution in [0, 0.1) is 11.6 Å². The average molecular weight is 277 g/mol. The monoisotopic (exact) mass is 277 g/mol. The third-order valence-electron chi connectivity index (χ3n) is 2.79. The molecule has 0 radical (unpaired) electrons. The maximum atomic E-state index is 13.2. The molecule has 0 aliphatic rings. The summed E-state index contributed by atoms with van der Waals surface area (Å²) in [4.78, 5) is 0. The van der Waals surface area contributed by atoms with E-state index in [1.165, 1.54) is 30.3 Å². The predicted octanol–water partition coefficient (Wildman–Crippen LogP) is 3.74. The number of hydrogen-bond acceptors (Lipinski definition) is 3. The Morgan fingerprint density at radius 3 is 2.40 bits per heavy atom. The number of benzene rings is 2. The number of ether oxygens (including phenoxy) is 1. The molecule has 0 unspecified atom stereocenters. The summed E-state index contributed by atoms with van der Waals surface area (Å²) in [6.45, 7) is 1.75. The molecule has 2 aromatic carbocycles. The van der Waals surface area contributed by atoms with Crippen molar-refractivity contribution in [2.45, 2.75) is 13.5 Å². The first kappa shape index (κ1) is 14.0. The summed E-state index contributed by atoms with van der Waals surface area (Å²) in [7, 11) is 0. The SMILES string of the molecule is C/C(=N/O)c1cc(F)ccc1OCc1ccc(F)cc1. The van der Waals surface area contributed by atoms with Crippen molar-refractivity contribution in [2.24, 2.45) is 5.16 Å². The molecule has 20 heavy (non-hydrogen) atoms. The molecule has 5 heteroatoms. The summed E-state index contributed by atoms with van der Waals surface area (Å²) in [6.07, 6.45) is 0. The molecule has 0 saturated carbocycles. The van der Waals surface area contributed by atoms with E-state index in [4.69, 9.17) is 9.94 Å². The molecular formula is C15H13F2NO2. The fourth-order valence-corrected chi connectivity index (χ4v) is 1.71. The molecule has 0 spiro atoms. The zero-order valence-electron chi connectivity index (χ0n) is 10.8. The van der Waals surface area contributed by atoms with Crippen LogP contribution in [0.3, 0.4) is 0 Å². The van der Waals surface area contributed by atoms with E-state index < -0.39 is 5.82 Å². The van der Waals surface area contributed by atoms with Crippen LogP contribution in [0.1, 0.15) is 18.1 Å². The first-order valence-electron chi connectivity index (χ1n) is 5.96. The Morgan fingerprint density at radius 1 is 1.10 bits per heavy atom. The van der Waals surface area contributed by atoms with Crippen LogP contribution in [0.4, 0.5) is 8.78 Å². The zero-order chi connectivity index (χ0) is 14.5. The van der Waals surface area contributed by atoms with Crippen LogP contribution in [0.15, 0.2) is 47.6 Å². The summed E-state index contributed by atoms with van der Waals surface area (Å²) in [5, 5.41) is 11.8. The lowest BCUT2D eigenvalue weighted by atomic mass is 10.1. The van der Waals surface area contributed by atoms with Crippen LogP contribution in [0.25, 0.3) is 0 Å². The van der Waals surface area contributed by atoms with Gasteiger partial charge in [0, 0.05) is 5.56 Å². The molecule has 0 aliphatic carbocycles. The van der Waals surface area contributed by atoms with E-state index in [-0.39, 0.29) is 18.1 Å². The normalized spacial score (nSPS) is 11.4. The van der Waals surface area contributed by atoms with Gasteiger partial charge >= 0.3 is 0 Å². The fourth-order valence-electron chi connectivity index (χ4n) is 1.71. The van der Waals surface area contributed by atoms with Crippen LogP contribution in [-0.4, -0.2) is 10.9 Å². The lowest BCUT2D eigenvalue weighted by Crippen LogP contribution is -2.03. The van der Waals surface area contributed by atoms with Gasteiger partial charge in [-0.3, -0.25) is 0 Å². The Morgan fingerprint density at radius 2 is 1.75 bits per heavy atom. The van der Waals surface area contributed by atoms with Crippen LogP contribution in [0.5, 0.6) is 5.75 Å². The Hall–Kier alpha value is -2.43. The lowest BCUT2D eigenvalue weighted by molar-refractivity contribution is 0.302. The van der Waals surface area contributed by atoms with Crippen molar-refractivity contribution >= 4 is 5.71 Å². The Labute approximate surface area is 115 Å². The van der Waals surface area contributed by atoms with Gasteiger partial charge in [0.05, 0.1) is 5.71 Å². The maximum Gasteiger partial charge on any atom is 0.129 e. The molecular weight excluding hydrogens is 264 g/mol. The van der Waals surface area contributed by atoms with Crippen molar-refractivity contribution in [1.82, 2.24) is 0 Å². The second kappa shape index (κ2) is 6.14. The average Bonchev–Trinajstić information content (AvgIpc) is 2.46. The second-order valence-electron chi connectivity index (χ2n) is 4.24. The largest absolute Gasteiger partial charge is 0.488 e. The van der Waals surface area contributed by atoms with Gasteiger partial charge in [0.15, 0.2) is 0 Å². The molecule has 0 aromatic heterocycles. The van der Waals surface area contributed by atoms with Gasteiger partial charge < -0.3 is 9.94 Å². The van der Waals surface area contributed by atoms with Crippen LogP contribution in [-0.2, 0) is 6.61 Å². The van der Waals surface area contributed by atoms with Crippen molar-refractivity contribution in [3.63, 3.8) is 0 Å². The van der Waals surface area contributed by atoms with Crippen molar-refractivity contribution in [3.05, 3.63) is 65.2 Å². The Kier molecular flexibility index (Phi) is 4.30. The number of oxime groups is 1. The minimum Gasteiger partial charge on any atom is -0.488 e. The zero-order valence-corrected chi connectivity index (χ0v) is 10.8.